The molecule has 0 radical (unpaired) electrons. The Bertz CT molecular complexity index is 286. The van der Waals surface area contributed by atoms with Gasteiger partial charge >= 0.3 is 0 Å². The van der Waals surface area contributed by atoms with Crippen LogP contribution in [0.15, 0.2) is 12.4 Å². The second-order valence-corrected chi connectivity index (χ2v) is 4.27. The molecule has 1 heterocycles. The van der Waals surface area contributed by atoms with Gasteiger partial charge in [-0.3, -0.25) is 0 Å². The molecule has 1 fully saturated rings. The van der Waals surface area contributed by atoms with Crippen LogP contribution in [0.1, 0.15) is 44.5 Å². The Hall–Kier alpha value is -0.830. The van der Waals surface area contributed by atoms with Crippen molar-refractivity contribution in [2.24, 2.45) is 7.05 Å². The molecule has 0 saturated heterocycles. The minimum absolute atomic E-state index is 0.373. The van der Waals surface area contributed by atoms with Crippen molar-refractivity contribution >= 4 is 0 Å². The predicted molar refractivity (Wildman–Crippen MR) is 57.0 cm³/mol. The van der Waals surface area contributed by atoms with Crippen LogP contribution in [0.2, 0.25) is 0 Å². The molecule has 0 aliphatic heterocycles. The third-order valence-corrected chi connectivity index (χ3v) is 3.09. The average Bonchev–Trinajstić information content (AvgIpc) is 2.75. The summed E-state index contributed by atoms with van der Waals surface area (Å²) < 4.78 is 2.09. The molecule has 1 N–H and O–H groups in total. The predicted octanol–water partition coefficient (Wildman–Crippen LogP) is 2.01. The van der Waals surface area contributed by atoms with E-state index < -0.39 is 0 Å². The van der Waals surface area contributed by atoms with E-state index in [0.29, 0.717) is 12.1 Å². The maximum atomic E-state index is 4.36. The Morgan fingerprint density at radius 2 is 2.21 bits per heavy atom. The zero-order valence-corrected chi connectivity index (χ0v) is 9.03. The van der Waals surface area contributed by atoms with Gasteiger partial charge in [0.05, 0.1) is 6.04 Å². The standard InChI is InChI=1S/C11H19N3/c1-9(11-12-7-8-14(11)2)13-10-5-3-4-6-10/h7-10,13H,3-6H2,1-2H3. The Morgan fingerprint density at radius 3 is 2.79 bits per heavy atom. The van der Waals surface area contributed by atoms with E-state index in [1.54, 1.807) is 0 Å². The molecule has 1 aromatic rings. The van der Waals surface area contributed by atoms with Gasteiger partial charge in [-0.25, -0.2) is 4.98 Å². The highest BCUT2D eigenvalue weighted by molar-refractivity contribution is 4.98. The van der Waals surface area contributed by atoms with Crippen molar-refractivity contribution in [1.29, 1.82) is 0 Å². The molecule has 78 valence electrons. The normalized spacial score (nSPS) is 20.1. The number of rotatable bonds is 3. The zero-order chi connectivity index (χ0) is 9.97. The van der Waals surface area contributed by atoms with Crippen molar-refractivity contribution in [2.45, 2.75) is 44.7 Å². The second-order valence-electron chi connectivity index (χ2n) is 4.27. The van der Waals surface area contributed by atoms with Crippen LogP contribution in [-0.2, 0) is 7.05 Å². The molecule has 1 atom stereocenters. The minimum Gasteiger partial charge on any atom is -0.337 e. The highest BCUT2D eigenvalue weighted by Crippen LogP contribution is 2.21. The van der Waals surface area contributed by atoms with E-state index in [9.17, 15) is 0 Å². The van der Waals surface area contributed by atoms with Crippen LogP contribution >= 0.6 is 0 Å². The molecule has 14 heavy (non-hydrogen) atoms. The van der Waals surface area contributed by atoms with Gasteiger partial charge in [0, 0.05) is 25.5 Å². The smallest absolute Gasteiger partial charge is 0.125 e. The number of aryl methyl sites for hydroxylation is 1. The summed E-state index contributed by atoms with van der Waals surface area (Å²) in [5, 5.41) is 3.64. The fourth-order valence-corrected chi connectivity index (χ4v) is 2.31. The molecule has 1 aliphatic carbocycles. The molecule has 2 rings (SSSR count). The average molecular weight is 193 g/mol. The first-order chi connectivity index (χ1) is 6.77. The first-order valence-corrected chi connectivity index (χ1v) is 5.50. The molecule has 1 unspecified atom stereocenters. The molecule has 1 saturated carbocycles. The van der Waals surface area contributed by atoms with Gasteiger partial charge in [0.2, 0.25) is 0 Å². The van der Waals surface area contributed by atoms with Crippen LogP contribution in [0, 0.1) is 0 Å². The molecule has 3 heteroatoms. The maximum absolute atomic E-state index is 4.36. The van der Waals surface area contributed by atoms with Gasteiger partial charge in [-0.15, -0.1) is 0 Å². The molecule has 0 amide bonds. The summed E-state index contributed by atoms with van der Waals surface area (Å²) in [5.41, 5.74) is 0. The lowest BCUT2D eigenvalue weighted by atomic mass is 10.2. The van der Waals surface area contributed by atoms with Crippen LogP contribution in [0.5, 0.6) is 0 Å². The van der Waals surface area contributed by atoms with Crippen LogP contribution in [-0.4, -0.2) is 15.6 Å². The Balaban J connectivity index is 1.95. The lowest BCUT2D eigenvalue weighted by molar-refractivity contribution is 0.440. The SMILES string of the molecule is CC(NC1CCCC1)c1nccn1C. The first kappa shape index (κ1) is 9.71. The maximum Gasteiger partial charge on any atom is 0.125 e. The Morgan fingerprint density at radius 1 is 1.50 bits per heavy atom. The number of aromatic nitrogens is 2. The number of nitrogens with zero attached hydrogens (tertiary/aromatic N) is 2. The minimum atomic E-state index is 0.373. The molecule has 0 spiro atoms. The monoisotopic (exact) mass is 193 g/mol. The van der Waals surface area contributed by atoms with Crippen molar-refractivity contribution in [3.63, 3.8) is 0 Å². The van der Waals surface area contributed by atoms with Crippen molar-refractivity contribution in [2.75, 3.05) is 0 Å². The van der Waals surface area contributed by atoms with E-state index in [4.69, 9.17) is 0 Å². The number of hydrogen-bond donors (Lipinski definition) is 1. The molecule has 0 aromatic carbocycles. The van der Waals surface area contributed by atoms with Gasteiger partial charge in [-0.1, -0.05) is 12.8 Å². The molecular weight excluding hydrogens is 174 g/mol. The van der Waals surface area contributed by atoms with E-state index in [0.717, 1.165) is 5.82 Å². The first-order valence-electron chi connectivity index (χ1n) is 5.50. The summed E-state index contributed by atoms with van der Waals surface area (Å²) in [6.07, 6.45) is 9.28. The van der Waals surface area contributed by atoms with E-state index >= 15 is 0 Å². The van der Waals surface area contributed by atoms with Gasteiger partial charge in [0.25, 0.3) is 0 Å². The van der Waals surface area contributed by atoms with Crippen LogP contribution in [0.25, 0.3) is 0 Å². The van der Waals surface area contributed by atoms with Gasteiger partial charge in [-0.2, -0.15) is 0 Å². The molecular formula is C11H19N3. The second kappa shape index (κ2) is 4.13. The summed E-state index contributed by atoms with van der Waals surface area (Å²) >= 11 is 0. The van der Waals surface area contributed by atoms with Gasteiger partial charge in [0.15, 0.2) is 0 Å². The third-order valence-electron chi connectivity index (χ3n) is 3.09. The summed E-state index contributed by atoms with van der Waals surface area (Å²) in [7, 11) is 2.05. The summed E-state index contributed by atoms with van der Waals surface area (Å²) in [5.74, 6) is 1.14. The summed E-state index contributed by atoms with van der Waals surface area (Å²) in [6.45, 7) is 2.20. The molecule has 3 nitrogen and oxygen atoms in total. The molecule has 0 bridgehead atoms. The molecule has 1 aromatic heterocycles. The van der Waals surface area contributed by atoms with E-state index in [1.807, 2.05) is 12.4 Å². The number of nitrogens with one attached hydrogen (secondary N) is 1. The lowest BCUT2D eigenvalue weighted by Crippen LogP contribution is -2.30. The lowest BCUT2D eigenvalue weighted by Gasteiger charge is -2.18. The highest BCUT2D eigenvalue weighted by Gasteiger charge is 2.19. The Kier molecular flexibility index (Phi) is 2.87. The summed E-state index contributed by atoms with van der Waals surface area (Å²) in [6, 6.07) is 1.08. The van der Waals surface area contributed by atoms with Gasteiger partial charge < -0.3 is 9.88 Å². The van der Waals surface area contributed by atoms with Crippen LogP contribution in [0.3, 0.4) is 0 Å². The largest absolute Gasteiger partial charge is 0.337 e. The third kappa shape index (κ3) is 1.98. The number of imidazole rings is 1. The van der Waals surface area contributed by atoms with Crippen LogP contribution < -0.4 is 5.32 Å². The quantitative estimate of drug-likeness (QED) is 0.796. The fraction of sp³-hybridized carbons (Fsp3) is 0.727. The zero-order valence-electron chi connectivity index (χ0n) is 9.03. The summed E-state index contributed by atoms with van der Waals surface area (Å²) in [4.78, 5) is 4.36. The van der Waals surface area contributed by atoms with Gasteiger partial charge in [0.1, 0.15) is 5.82 Å². The Labute approximate surface area is 85.5 Å². The fourth-order valence-electron chi connectivity index (χ4n) is 2.31. The van der Waals surface area contributed by atoms with Crippen molar-refractivity contribution in [3.8, 4) is 0 Å². The topological polar surface area (TPSA) is 29.9 Å². The van der Waals surface area contributed by atoms with Crippen molar-refractivity contribution in [1.82, 2.24) is 14.9 Å². The molecule has 1 aliphatic rings. The van der Waals surface area contributed by atoms with Crippen molar-refractivity contribution < 1.29 is 0 Å². The van der Waals surface area contributed by atoms with Crippen LogP contribution in [0.4, 0.5) is 0 Å². The van der Waals surface area contributed by atoms with Gasteiger partial charge in [-0.05, 0) is 19.8 Å². The number of hydrogen-bond acceptors (Lipinski definition) is 2. The van der Waals surface area contributed by atoms with Crippen molar-refractivity contribution in [3.05, 3.63) is 18.2 Å². The van der Waals surface area contributed by atoms with E-state index in [-0.39, 0.29) is 0 Å². The highest BCUT2D eigenvalue weighted by atomic mass is 15.1. The van der Waals surface area contributed by atoms with E-state index in [2.05, 4.69) is 28.8 Å². The van der Waals surface area contributed by atoms with E-state index in [1.165, 1.54) is 25.7 Å².